The van der Waals surface area contributed by atoms with Gasteiger partial charge in [-0.2, -0.15) is 0 Å². The number of carbonyl (C=O) groups excluding carboxylic acids is 2. The van der Waals surface area contributed by atoms with Crippen LogP contribution in [0.1, 0.15) is 20.7 Å². The number of rotatable bonds is 2. The average Bonchev–Trinajstić information content (AvgIpc) is 2.39. The fourth-order valence-corrected chi connectivity index (χ4v) is 1.27. The summed E-state index contributed by atoms with van der Waals surface area (Å²) in [5.41, 5.74) is -0.0278. The molecule has 104 valence electrons. The SMILES string of the molecule is O=C([O-])c1cccc(O)c1.O=C([O-])c1cccc(O)c1.[K+].[K+]. The molecule has 0 aromatic heterocycles. The monoisotopic (exact) mass is 352 g/mol. The van der Waals surface area contributed by atoms with Crippen molar-refractivity contribution in [3.05, 3.63) is 59.7 Å². The topological polar surface area (TPSA) is 121 Å². The van der Waals surface area contributed by atoms with E-state index in [1.54, 1.807) is 0 Å². The van der Waals surface area contributed by atoms with Crippen molar-refractivity contribution in [1.29, 1.82) is 0 Å². The van der Waals surface area contributed by atoms with E-state index in [1.807, 2.05) is 0 Å². The van der Waals surface area contributed by atoms with Crippen molar-refractivity contribution < 1.29 is 133 Å². The number of benzene rings is 2. The Kier molecular flexibility index (Phi) is 14.1. The third-order valence-electron chi connectivity index (χ3n) is 2.16. The normalized spacial score (nSPS) is 8.36. The average molecular weight is 352 g/mol. The minimum Gasteiger partial charge on any atom is -0.545 e. The minimum absolute atomic E-state index is 0. The van der Waals surface area contributed by atoms with Gasteiger partial charge in [-0.05, 0) is 24.3 Å². The van der Waals surface area contributed by atoms with E-state index in [1.165, 1.54) is 36.4 Å². The molecule has 0 saturated carbocycles. The first-order chi connectivity index (χ1) is 9.40. The van der Waals surface area contributed by atoms with E-state index in [0.29, 0.717) is 0 Å². The standard InChI is InChI=1S/2C7H6O3.2K/c2*8-6-3-1-2-5(4-6)7(9)10;;/h2*1-4,8H,(H,9,10);;/q;;2*+1/p-2. The van der Waals surface area contributed by atoms with Crippen molar-refractivity contribution in [1.82, 2.24) is 0 Å². The summed E-state index contributed by atoms with van der Waals surface area (Å²) in [6, 6.07) is 10.7. The van der Waals surface area contributed by atoms with Gasteiger partial charge in [0.1, 0.15) is 11.5 Å². The molecule has 0 fully saturated rings. The number of carboxylic acids is 2. The van der Waals surface area contributed by atoms with Gasteiger partial charge in [0.25, 0.3) is 0 Å². The van der Waals surface area contributed by atoms with Gasteiger partial charge in [0.2, 0.25) is 0 Å². The molecule has 6 nitrogen and oxygen atoms in total. The van der Waals surface area contributed by atoms with Crippen LogP contribution in [-0.2, 0) is 0 Å². The second kappa shape index (κ2) is 12.6. The van der Waals surface area contributed by atoms with Gasteiger partial charge >= 0.3 is 103 Å². The van der Waals surface area contributed by atoms with Crippen molar-refractivity contribution in [2.75, 3.05) is 0 Å². The Balaban J connectivity index is 0. The van der Waals surface area contributed by atoms with Crippen molar-refractivity contribution in [2.45, 2.75) is 0 Å². The van der Waals surface area contributed by atoms with Gasteiger partial charge in [0, 0.05) is 11.1 Å². The number of aromatic carboxylic acids is 2. The Morgan fingerprint density at radius 3 is 1.23 bits per heavy atom. The summed E-state index contributed by atoms with van der Waals surface area (Å²) in [4.78, 5) is 20.3. The molecule has 0 bridgehead atoms. The predicted molar refractivity (Wildman–Crippen MR) is 64.9 cm³/mol. The third-order valence-corrected chi connectivity index (χ3v) is 2.16. The number of phenols is 2. The van der Waals surface area contributed by atoms with Gasteiger partial charge in [0.15, 0.2) is 0 Å². The number of carboxylic acid groups (broad SMARTS) is 2. The number of phenolic OH excluding ortho intramolecular Hbond substituents is 2. The van der Waals surface area contributed by atoms with Crippen LogP contribution in [0.4, 0.5) is 0 Å². The Morgan fingerprint density at radius 1 is 0.727 bits per heavy atom. The summed E-state index contributed by atoms with van der Waals surface area (Å²) >= 11 is 0. The molecule has 0 saturated heterocycles. The molecular formula is C14H10K2O6. The molecule has 22 heavy (non-hydrogen) atoms. The number of carbonyl (C=O) groups is 2. The zero-order valence-electron chi connectivity index (χ0n) is 12.1. The second-order valence-corrected chi connectivity index (χ2v) is 3.68. The zero-order chi connectivity index (χ0) is 15.1. The molecule has 8 heteroatoms. The molecular weight excluding hydrogens is 342 g/mol. The first-order valence-electron chi connectivity index (χ1n) is 5.41. The van der Waals surface area contributed by atoms with Gasteiger partial charge in [-0.1, -0.05) is 24.3 Å². The van der Waals surface area contributed by atoms with Gasteiger partial charge < -0.3 is 30.0 Å². The Morgan fingerprint density at radius 2 is 1.05 bits per heavy atom. The van der Waals surface area contributed by atoms with Crippen LogP contribution in [0.2, 0.25) is 0 Å². The zero-order valence-corrected chi connectivity index (χ0v) is 18.4. The summed E-state index contributed by atoms with van der Waals surface area (Å²) in [5, 5.41) is 37.8. The fraction of sp³-hybridized carbons (Fsp3) is 0. The van der Waals surface area contributed by atoms with Gasteiger partial charge in [-0.15, -0.1) is 0 Å². The van der Waals surface area contributed by atoms with Gasteiger partial charge in [-0.25, -0.2) is 0 Å². The Labute approximate surface area is 212 Å². The first-order valence-corrected chi connectivity index (χ1v) is 5.41. The molecule has 2 aromatic rings. The summed E-state index contributed by atoms with van der Waals surface area (Å²) in [5.74, 6) is -2.70. The molecule has 0 aliphatic rings. The third kappa shape index (κ3) is 9.40. The van der Waals surface area contributed by atoms with E-state index in [2.05, 4.69) is 0 Å². The molecule has 0 heterocycles. The molecule has 2 aromatic carbocycles. The molecule has 2 rings (SSSR count). The summed E-state index contributed by atoms with van der Waals surface area (Å²) < 4.78 is 0. The van der Waals surface area contributed by atoms with Crippen LogP contribution in [0.15, 0.2) is 48.5 Å². The van der Waals surface area contributed by atoms with Gasteiger partial charge in [-0.3, -0.25) is 0 Å². The van der Waals surface area contributed by atoms with Crippen LogP contribution >= 0.6 is 0 Å². The predicted octanol–water partition coefficient (Wildman–Crippen LogP) is -6.48. The summed E-state index contributed by atoms with van der Waals surface area (Å²) in [6.07, 6.45) is 0. The maximum absolute atomic E-state index is 10.1. The number of aromatic hydroxyl groups is 2. The largest absolute Gasteiger partial charge is 1.00 e. The van der Waals surface area contributed by atoms with Gasteiger partial charge in [0.05, 0.1) is 11.9 Å². The van der Waals surface area contributed by atoms with Crippen LogP contribution in [0.3, 0.4) is 0 Å². The van der Waals surface area contributed by atoms with Crippen molar-refractivity contribution in [3.63, 3.8) is 0 Å². The minimum atomic E-state index is -1.28. The summed E-state index contributed by atoms with van der Waals surface area (Å²) in [7, 11) is 0. The molecule has 0 radical (unpaired) electrons. The summed E-state index contributed by atoms with van der Waals surface area (Å²) in [6.45, 7) is 0. The second-order valence-electron chi connectivity index (χ2n) is 3.68. The van der Waals surface area contributed by atoms with Crippen molar-refractivity contribution in [3.8, 4) is 11.5 Å². The smallest absolute Gasteiger partial charge is 0.545 e. The van der Waals surface area contributed by atoms with E-state index in [9.17, 15) is 19.8 Å². The quantitative estimate of drug-likeness (QED) is 0.519. The maximum atomic E-state index is 10.1. The molecule has 0 aliphatic carbocycles. The van der Waals surface area contributed by atoms with Crippen LogP contribution in [0.5, 0.6) is 11.5 Å². The molecule has 0 aliphatic heterocycles. The Bertz CT molecular complexity index is 575. The molecule has 0 atom stereocenters. The number of hydrogen-bond donors (Lipinski definition) is 2. The fourth-order valence-electron chi connectivity index (χ4n) is 1.27. The molecule has 0 spiro atoms. The molecule has 0 amide bonds. The van der Waals surface area contributed by atoms with E-state index >= 15 is 0 Å². The van der Waals surface area contributed by atoms with Crippen LogP contribution in [0.25, 0.3) is 0 Å². The van der Waals surface area contributed by atoms with E-state index in [4.69, 9.17) is 10.2 Å². The molecule has 2 N–H and O–H groups in total. The number of hydrogen-bond acceptors (Lipinski definition) is 6. The molecule has 0 unspecified atom stereocenters. The van der Waals surface area contributed by atoms with Crippen LogP contribution in [-0.4, -0.2) is 22.2 Å². The van der Waals surface area contributed by atoms with Crippen LogP contribution < -0.4 is 113 Å². The van der Waals surface area contributed by atoms with Crippen molar-refractivity contribution in [2.24, 2.45) is 0 Å². The van der Waals surface area contributed by atoms with E-state index in [0.717, 1.165) is 12.1 Å². The van der Waals surface area contributed by atoms with E-state index < -0.39 is 11.9 Å². The van der Waals surface area contributed by atoms with Crippen LogP contribution in [0, 0.1) is 0 Å². The Hall–Kier alpha value is 0.253. The van der Waals surface area contributed by atoms with E-state index in [-0.39, 0.29) is 125 Å². The van der Waals surface area contributed by atoms with Crippen molar-refractivity contribution >= 4 is 11.9 Å². The first kappa shape index (κ1) is 24.5. The maximum Gasteiger partial charge on any atom is 1.00 e.